The molecule has 174 valence electrons. The smallest absolute Gasteiger partial charge is 0.231 e. The molecule has 3 aromatic carbocycles. The number of ketones is 1. The van der Waals surface area contributed by atoms with E-state index in [4.69, 9.17) is 18.9 Å². The maximum atomic E-state index is 13.3. The van der Waals surface area contributed by atoms with E-state index in [9.17, 15) is 4.79 Å². The molecule has 2 aliphatic heterocycles. The van der Waals surface area contributed by atoms with Gasteiger partial charge >= 0.3 is 0 Å². The van der Waals surface area contributed by atoms with Crippen LogP contribution in [0.15, 0.2) is 60.4 Å². The number of Topliss-reactive ketones (excluding diaryl/α,β-unsaturated/α-hetero) is 1. The first-order valence-electron chi connectivity index (χ1n) is 11.2. The first-order chi connectivity index (χ1) is 16.5. The van der Waals surface area contributed by atoms with Gasteiger partial charge in [0.15, 0.2) is 5.76 Å². The molecule has 0 bridgehead atoms. The molecule has 0 saturated carbocycles. The standard InChI is InChI=1S/C28H27NO5/c1-17-27-21(15-29(16-33-27)18(2)19-8-6-5-7-9-19)13-23-26(30)25(34-28(17)23)14-20-12-22(31-3)10-11-24(20)32-4/h5-14,18H,15-16H2,1-4H3/b25-14-. The average Bonchev–Trinajstić information content (AvgIpc) is 3.19. The van der Waals surface area contributed by atoms with E-state index < -0.39 is 0 Å². The number of carbonyl (C=O) groups excluding carboxylic acids is 1. The third-order valence-electron chi connectivity index (χ3n) is 6.52. The lowest BCUT2D eigenvalue weighted by Gasteiger charge is -2.34. The Bertz CT molecular complexity index is 1280. The minimum Gasteiger partial charge on any atom is -0.497 e. The average molecular weight is 458 g/mol. The predicted octanol–water partition coefficient (Wildman–Crippen LogP) is 5.54. The number of hydrogen-bond donors (Lipinski definition) is 0. The van der Waals surface area contributed by atoms with Crippen molar-refractivity contribution in [2.24, 2.45) is 0 Å². The van der Waals surface area contributed by atoms with Crippen LogP contribution in [0.25, 0.3) is 6.08 Å². The van der Waals surface area contributed by atoms with Gasteiger partial charge in [-0.25, -0.2) is 0 Å². The molecule has 0 radical (unpaired) electrons. The molecule has 0 N–H and O–H groups in total. The summed E-state index contributed by atoms with van der Waals surface area (Å²) in [5, 5.41) is 0. The maximum absolute atomic E-state index is 13.3. The lowest BCUT2D eigenvalue weighted by molar-refractivity contribution is 0.0609. The Morgan fingerprint density at radius 2 is 1.82 bits per heavy atom. The Labute approximate surface area is 199 Å². The molecule has 2 aliphatic rings. The molecule has 34 heavy (non-hydrogen) atoms. The molecule has 0 aromatic heterocycles. The number of ether oxygens (including phenoxy) is 4. The van der Waals surface area contributed by atoms with Crippen molar-refractivity contribution >= 4 is 11.9 Å². The van der Waals surface area contributed by atoms with Crippen LogP contribution in [0, 0.1) is 6.92 Å². The number of rotatable bonds is 5. The molecule has 0 spiro atoms. The van der Waals surface area contributed by atoms with E-state index in [-0.39, 0.29) is 17.6 Å². The van der Waals surface area contributed by atoms with Crippen LogP contribution in [0.2, 0.25) is 0 Å². The van der Waals surface area contributed by atoms with Crippen LogP contribution in [-0.2, 0) is 6.54 Å². The summed E-state index contributed by atoms with van der Waals surface area (Å²) in [6.45, 7) is 5.27. The Hall–Kier alpha value is -3.77. The van der Waals surface area contributed by atoms with E-state index in [0.717, 1.165) is 16.9 Å². The summed E-state index contributed by atoms with van der Waals surface area (Å²) in [6.07, 6.45) is 1.70. The van der Waals surface area contributed by atoms with Gasteiger partial charge in [0, 0.05) is 29.3 Å². The molecule has 0 aliphatic carbocycles. The van der Waals surface area contributed by atoms with Gasteiger partial charge in [-0.3, -0.25) is 9.69 Å². The van der Waals surface area contributed by atoms with Crippen LogP contribution in [0.1, 0.15) is 45.6 Å². The monoisotopic (exact) mass is 457 g/mol. The van der Waals surface area contributed by atoms with Crippen LogP contribution in [-0.4, -0.2) is 31.6 Å². The minimum atomic E-state index is -0.154. The van der Waals surface area contributed by atoms with Crippen LogP contribution in [0.4, 0.5) is 0 Å². The fraction of sp³-hybridized carbons (Fsp3) is 0.250. The van der Waals surface area contributed by atoms with Gasteiger partial charge in [-0.15, -0.1) is 0 Å². The highest BCUT2D eigenvalue weighted by molar-refractivity contribution is 6.15. The first kappa shape index (κ1) is 22.0. The topological polar surface area (TPSA) is 57.2 Å². The van der Waals surface area contributed by atoms with Crippen molar-refractivity contribution in [3.05, 3.63) is 88.2 Å². The number of fused-ring (bicyclic) bond motifs is 2. The van der Waals surface area contributed by atoms with E-state index >= 15 is 0 Å². The predicted molar refractivity (Wildman–Crippen MR) is 130 cm³/mol. The fourth-order valence-electron chi connectivity index (χ4n) is 4.55. The van der Waals surface area contributed by atoms with Gasteiger partial charge in [0.1, 0.15) is 29.7 Å². The molecule has 6 nitrogen and oxygen atoms in total. The molecule has 1 unspecified atom stereocenters. The van der Waals surface area contributed by atoms with E-state index in [2.05, 4.69) is 24.0 Å². The van der Waals surface area contributed by atoms with Gasteiger partial charge in [-0.05, 0) is 49.8 Å². The summed E-state index contributed by atoms with van der Waals surface area (Å²) < 4.78 is 23.0. The zero-order chi connectivity index (χ0) is 23.8. The number of hydrogen-bond acceptors (Lipinski definition) is 6. The van der Waals surface area contributed by atoms with Gasteiger partial charge in [-0.1, -0.05) is 30.3 Å². The normalized spacial score (nSPS) is 16.9. The number of methoxy groups -OCH3 is 2. The molecule has 3 aromatic rings. The second kappa shape index (κ2) is 8.88. The number of benzene rings is 3. The lowest BCUT2D eigenvalue weighted by Crippen LogP contribution is -2.34. The maximum Gasteiger partial charge on any atom is 0.231 e. The van der Waals surface area contributed by atoms with Gasteiger partial charge in [-0.2, -0.15) is 0 Å². The molecular formula is C28H27NO5. The molecule has 6 heteroatoms. The highest BCUT2D eigenvalue weighted by Crippen LogP contribution is 2.44. The molecule has 0 fully saturated rings. The Morgan fingerprint density at radius 3 is 2.56 bits per heavy atom. The van der Waals surface area contributed by atoms with Crippen LogP contribution in [0.3, 0.4) is 0 Å². The van der Waals surface area contributed by atoms with Crippen molar-refractivity contribution in [2.45, 2.75) is 26.4 Å². The van der Waals surface area contributed by atoms with Crippen LogP contribution < -0.4 is 18.9 Å². The molecule has 0 amide bonds. The fourth-order valence-corrected chi connectivity index (χ4v) is 4.55. The summed E-state index contributed by atoms with van der Waals surface area (Å²) in [4.78, 5) is 15.6. The highest BCUT2D eigenvalue weighted by Gasteiger charge is 2.34. The zero-order valence-electron chi connectivity index (χ0n) is 19.8. The number of allylic oxidation sites excluding steroid dienone is 1. The first-order valence-corrected chi connectivity index (χ1v) is 11.2. The summed E-state index contributed by atoms with van der Waals surface area (Å²) in [7, 11) is 3.19. The van der Waals surface area contributed by atoms with E-state index in [0.29, 0.717) is 41.7 Å². The third-order valence-corrected chi connectivity index (χ3v) is 6.52. The van der Waals surface area contributed by atoms with Gasteiger partial charge < -0.3 is 18.9 Å². The summed E-state index contributed by atoms with van der Waals surface area (Å²) in [5.74, 6) is 2.75. The third kappa shape index (κ3) is 3.80. The molecule has 1 atom stereocenters. The van der Waals surface area contributed by atoms with Crippen molar-refractivity contribution in [3.8, 4) is 23.0 Å². The number of nitrogens with zero attached hydrogens (tertiary/aromatic N) is 1. The summed E-state index contributed by atoms with van der Waals surface area (Å²) in [6, 6.07) is 17.9. The van der Waals surface area contributed by atoms with Crippen LogP contribution in [0.5, 0.6) is 23.0 Å². The molecule has 0 saturated heterocycles. The van der Waals surface area contributed by atoms with Crippen molar-refractivity contribution < 1.29 is 23.7 Å². The van der Waals surface area contributed by atoms with Crippen molar-refractivity contribution in [1.29, 1.82) is 0 Å². The second-order valence-corrected chi connectivity index (χ2v) is 8.52. The summed E-state index contributed by atoms with van der Waals surface area (Å²) >= 11 is 0. The van der Waals surface area contributed by atoms with E-state index in [1.54, 1.807) is 26.4 Å². The van der Waals surface area contributed by atoms with E-state index in [1.165, 1.54) is 5.56 Å². The van der Waals surface area contributed by atoms with Gasteiger partial charge in [0.05, 0.1) is 19.8 Å². The SMILES string of the molecule is COc1ccc(OC)c(/C=C2\Oc3c(cc4c(c3C)OCN(C(C)c3ccccc3)C4)C2=O)c1. The summed E-state index contributed by atoms with van der Waals surface area (Å²) in [5.41, 5.74) is 4.32. The molecule has 2 heterocycles. The Morgan fingerprint density at radius 1 is 1.03 bits per heavy atom. The van der Waals surface area contributed by atoms with Crippen molar-refractivity contribution in [1.82, 2.24) is 4.90 Å². The van der Waals surface area contributed by atoms with E-state index in [1.807, 2.05) is 43.3 Å². The quantitative estimate of drug-likeness (QED) is 0.469. The highest BCUT2D eigenvalue weighted by atomic mass is 16.5. The van der Waals surface area contributed by atoms with Crippen LogP contribution >= 0.6 is 0 Å². The van der Waals surface area contributed by atoms with Crippen molar-refractivity contribution in [2.75, 3.05) is 21.0 Å². The molecule has 5 rings (SSSR count). The second-order valence-electron chi connectivity index (χ2n) is 8.52. The van der Waals surface area contributed by atoms with Gasteiger partial charge in [0.25, 0.3) is 0 Å². The minimum absolute atomic E-state index is 0.154. The largest absolute Gasteiger partial charge is 0.497 e. The lowest BCUT2D eigenvalue weighted by atomic mass is 9.99. The van der Waals surface area contributed by atoms with Gasteiger partial charge in [0.2, 0.25) is 5.78 Å². The number of carbonyl (C=O) groups is 1. The molecular weight excluding hydrogens is 430 g/mol. The zero-order valence-corrected chi connectivity index (χ0v) is 19.8. The Balaban J connectivity index is 1.46. The Kier molecular flexibility index (Phi) is 5.75. The van der Waals surface area contributed by atoms with Crippen molar-refractivity contribution in [3.63, 3.8) is 0 Å².